The monoisotopic (exact) mass is 358 g/mol. The number of hydrogen-bond donors (Lipinski definition) is 0. The van der Waals surface area contributed by atoms with E-state index in [2.05, 4.69) is 21.0 Å². The van der Waals surface area contributed by atoms with Crippen molar-refractivity contribution in [3.05, 3.63) is 20.3 Å². The maximum atomic E-state index is 12.6. The first-order valence-electron chi connectivity index (χ1n) is 7.11. The van der Waals surface area contributed by atoms with E-state index in [1.165, 1.54) is 4.68 Å². The van der Waals surface area contributed by atoms with E-state index in [1.807, 2.05) is 4.90 Å². The molecule has 0 spiro atoms. The van der Waals surface area contributed by atoms with Crippen molar-refractivity contribution in [2.24, 2.45) is 0 Å². The first kappa shape index (κ1) is 15.9. The highest BCUT2D eigenvalue weighted by atomic mass is 79.9. The normalized spacial score (nSPS) is 17.4. The Kier molecular flexibility index (Phi) is 4.97. The van der Waals surface area contributed by atoms with Gasteiger partial charge in [0.25, 0.3) is 0 Å². The second-order valence-corrected chi connectivity index (χ2v) is 6.13. The summed E-state index contributed by atoms with van der Waals surface area (Å²) in [6.45, 7) is 4.97. The second-order valence-electron chi connectivity index (χ2n) is 5.34. The van der Waals surface area contributed by atoms with Crippen LogP contribution in [-0.2, 0) is 4.79 Å². The predicted molar refractivity (Wildman–Crippen MR) is 81.1 cm³/mol. The molecule has 1 aliphatic rings. The van der Waals surface area contributed by atoms with Crippen molar-refractivity contribution < 1.29 is 9.72 Å². The largest absolute Gasteiger partial charge is 0.404 e. The fourth-order valence-electron chi connectivity index (χ4n) is 2.64. The summed E-state index contributed by atoms with van der Waals surface area (Å²) in [6, 6.07) is -0.534. The fraction of sp³-hybridized carbons (Fsp3) is 0.692. The Morgan fingerprint density at radius 1 is 1.33 bits per heavy atom. The number of nitro groups is 1. The third kappa shape index (κ3) is 3.25. The van der Waals surface area contributed by atoms with Gasteiger partial charge in [-0.05, 0) is 47.5 Å². The molecule has 0 bridgehead atoms. The van der Waals surface area contributed by atoms with Crippen LogP contribution in [0.15, 0.2) is 4.47 Å². The molecule has 1 aromatic rings. The van der Waals surface area contributed by atoms with Gasteiger partial charge in [-0.1, -0.05) is 12.8 Å². The van der Waals surface area contributed by atoms with Crippen molar-refractivity contribution in [2.75, 3.05) is 13.1 Å². The lowest BCUT2D eigenvalue weighted by molar-refractivity contribution is -0.390. The Morgan fingerprint density at radius 3 is 2.38 bits per heavy atom. The lowest BCUT2D eigenvalue weighted by Crippen LogP contribution is -2.37. The summed E-state index contributed by atoms with van der Waals surface area (Å²) in [6.07, 6.45) is 4.33. The molecule has 0 aromatic carbocycles. The minimum atomic E-state index is -0.545. The summed E-state index contributed by atoms with van der Waals surface area (Å²) < 4.78 is 1.78. The lowest BCUT2D eigenvalue weighted by Gasteiger charge is -2.23. The highest BCUT2D eigenvalue weighted by molar-refractivity contribution is 9.10. The van der Waals surface area contributed by atoms with Gasteiger partial charge in [0.1, 0.15) is 10.5 Å². The van der Waals surface area contributed by atoms with Crippen LogP contribution in [0.3, 0.4) is 0 Å². The van der Waals surface area contributed by atoms with Crippen LogP contribution in [0.1, 0.15) is 44.3 Å². The Hall–Kier alpha value is -1.44. The van der Waals surface area contributed by atoms with E-state index >= 15 is 0 Å². The Balaban J connectivity index is 2.22. The number of carbonyl (C=O) groups excluding carboxylic acids is 1. The van der Waals surface area contributed by atoms with Gasteiger partial charge in [-0.3, -0.25) is 4.79 Å². The van der Waals surface area contributed by atoms with Crippen LogP contribution in [0.2, 0.25) is 0 Å². The molecule has 2 heterocycles. The van der Waals surface area contributed by atoms with E-state index in [1.54, 1.807) is 13.8 Å². The average molecular weight is 359 g/mol. The molecule has 1 aromatic heterocycles. The first-order valence-corrected chi connectivity index (χ1v) is 7.90. The zero-order valence-corrected chi connectivity index (χ0v) is 13.8. The zero-order valence-electron chi connectivity index (χ0n) is 12.2. The van der Waals surface area contributed by atoms with Crippen LogP contribution >= 0.6 is 15.9 Å². The van der Waals surface area contributed by atoms with E-state index in [0.717, 1.165) is 38.8 Å². The van der Waals surface area contributed by atoms with Crippen LogP contribution in [0, 0.1) is 17.0 Å². The average Bonchev–Trinajstić information content (AvgIpc) is 2.66. The highest BCUT2D eigenvalue weighted by Gasteiger charge is 2.31. The van der Waals surface area contributed by atoms with E-state index in [-0.39, 0.29) is 11.7 Å². The van der Waals surface area contributed by atoms with Gasteiger partial charge >= 0.3 is 5.82 Å². The molecule has 2 rings (SSSR count). The van der Waals surface area contributed by atoms with E-state index in [9.17, 15) is 14.9 Å². The Morgan fingerprint density at radius 2 is 1.90 bits per heavy atom. The standard InChI is InChI=1S/C13H19BrN4O3/c1-9-11(14)12(18(20)21)15-17(9)10(2)13(19)16-7-5-3-4-6-8-16/h10H,3-8H2,1-2H3/t10-/m1/s1. The number of halogens is 1. The van der Waals surface area contributed by atoms with Crippen molar-refractivity contribution in [3.63, 3.8) is 0 Å². The maximum absolute atomic E-state index is 12.6. The van der Waals surface area contributed by atoms with Gasteiger partial charge in [0.05, 0.1) is 10.8 Å². The molecule has 1 amide bonds. The van der Waals surface area contributed by atoms with Crippen LogP contribution in [0.4, 0.5) is 5.82 Å². The quantitative estimate of drug-likeness (QED) is 0.614. The number of hydrogen-bond acceptors (Lipinski definition) is 4. The van der Waals surface area contributed by atoms with E-state index in [4.69, 9.17) is 0 Å². The van der Waals surface area contributed by atoms with Crippen molar-refractivity contribution in [1.29, 1.82) is 0 Å². The summed E-state index contributed by atoms with van der Waals surface area (Å²) in [7, 11) is 0. The SMILES string of the molecule is Cc1c(Br)c([N+](=O)[O-])nn1[C@H](C)C(=O)N1CCCCCC1. The molecule has 7 nitrogen and oxygen atoms in total. The van der Waals surface area contributed by atoms with Gasteiger partial charge in [0.15, 0.2) is 0 Å². The van der Waals surface area contributed by atoms with Gasteiger partial charge in [-0.25, -0.2) is 0 Å². The van der Waals surface area contributed by atoms with E-state index in [0.29, 0.717) is 10.2 Å². The Labute approximate surface area is 131 Å². The summed E-state index contributed by atoms with van der Waals surface area (Å²) in [5.41, 5.74) is 0.595. The molecule has 1 saturated heterocycles. The predicted octanol–water partition coefficient (Wildman–Crippen LogP) is 2.83. The molecule has 1 atom stereocenters. The minimum Gasteiger partial charge on any atom is -0.358 e. The van der Waals surface area contributed by atoms with E-state index < -0.39 is 11.0 Å². The fourth-order valence-corrected chi connectivity index (χ4v) is 3.04. The number of amides is 1. The smallest absolute Gasteiger partial charge is 0.358 e. The molecule has 1 aliphatic heterocycles. The molecule has 0 aliphatic carbocycles. The first-order chi connectivity index (χ1) is 9.93. The molecule has 8 heteroatoms. The van der Waals surface area contributed by atoms with Gasteiger partial charge in [0.2, 0.25) is 5.91 Å². The van der Waals surface area contributed by atoms with Crippen molar-refractivity contribution in [3.8, 4) is 0 Å². The molecule has 1 fully saturated rings. The molecule has 0 saturated carbocycles. The topological polar surface area (TPSA) is 81.3 Å². The van der Waals surface area contributed by atoms with Crippen LogP contribution in [-0.4, -0.2) is 38.6 Å². The third-order valence-electron chi connectivity index (χ3n) is 3.87. The summed E-state index contributed by atoms with van der Waals surface area (Å²) in [5, 5.41) is 14.9. The molecular formula is C13H19BrN4O3. The number of aromatic nitrogens is 2. The van der Waals surface area contributed by atoms with Crippen LogP contribution in [0.25, 0.3) is 0 Å². The zero-order chi connectivity index (χ0) is 15.6. The lowest BCUT2D eigenvalue weighted by atomic mass is 10.2. The van der Waals surface area contributed by atoms with Crippen LogP contribution in [0.5, 0.6) is 0 Å². The third-order valence-corrected chi connectivity index (χ3v) is 4.80. The maximum Gasteiger partial charge on any atom is 0.404 e. The Bertz CT molecular complexity index is 550. The number of nitrogens with zero attached hydrogens (tertiary/aromatic N) is 4. The van der Waals surface area contributed by atoms with Crippen molar-refractivity contribution in [2.45, 2.75) is 45.6 Å². The minimum absolute atomic E-state index is 0.0232. The number of carbonyl (C=O) groups is 1. The van der Waals surface area contributed by atoms with Gasteiger partial charge in [-0.15, -0.1) is 0 Å². The van der Waals surface area contributed by atoms with Crippen molar-refractivity contribution >= 4 is 27.7 Å². The molecule has 0 unspecified atom stereocenters. The van der Waals surface area contributed by atoms with Crippen molar-refractivity contribution in [1.82, 2.24) is 14.7 Å². The second kappa shape index (κ2) is 6.55. The molecule has 116 valence electrons. The number of rotatable bonds is 3. The van der Waals surface area contributed by atoms with Gasteiger partial charge in [-0.2, -0.15) is 4.68 Å². The summed E-state index contributed by atoms with van der Waals surface area (Å²) >= 11 is 3.18. The number of likely N-dealkylation sites (tertiary alicyclic amines) is 1. The molecule has 0 N–H and O–H groups in total. The van der Waals surface area contributed by atoms with Crippen LogP contribution < -0.4 is 0 Å². The summed E-state index contributed by atoms with van der Waals surface area (Å²) in [5.74, 6) is -0.270. The van der Waals surface area contributed by atoms with Gasteiger partial charge < -0.3 is 15.0 Å². The highest BCUT2D eigenvalue weighted by Crippen LogP contribution is 2.29. The van der Waals surface area contributed by atoms with Gasteiger partial charge in [0, 0.05) is 13.1 Å². The molecule has 21 heavy (non-hydrogen) atoms. The molecular weight excluding hydrogens is 340 g/mol. The summed E-state index contributed by atoms with van der Waals surface area (Å²) in [4.78, 5) is 24.8. The molecule has 0 radical (unpaired) electrons.